The van der Waals surface area contributed by atoms with Gasteiger partial charge >= 0.3 is 0 Å². The zero-order chi connectivity index (χ0) is 9.97. The molecule has 0 amide bonds. The predicted molar refractivity (Wildman–Crippen MR) is 52.0 cm³/mol. The fourth-order valence-corrected chi connectivity index (χ4v) is 1.64. The first-order valence-electron chi connectivity index (χ1n) is 4.72. The molecule has 2 rings (SSSR count). The van der Waals surface area contributed by atoms with Crippen molar-refractivity contribution in [1.29, 1.82) is 0 Å². The molecule has 1 aliphatic heterocycles. The van der Waals surface area contributed by atoms with Crippen molar-refractivity contribution in [3.05, 3.63) is 23.6 Å². The summed E-state index contributed by atoms with van der Waals surface area (Å²) in [6.45, 7) is 4.98. The van der Waals surface area contributed by atoms with E-state index in [9.17, 15) is 4.39 Å². The Labute approximate surface area is 82.5 Å². The molecule has 2 heterocycles. The van der Waals surface area contributed by atoms with E-state index in [4.69, 9.17) is 4.74 Å². The van der Waals surface area contributed by atoms with Gasteiger partial charge in [-0.3, -0.25) is 0 Å². The van der Waals surface area contributed by atoms with E-state index in [1.807, 2.05) is 6.92 Å². The van der Waals surface area contributed by atoms with E-state index in [0.717, 1.165) is 37.7 Å². The van der Waals surface area contributed by atoms with Crippen molar-refractivity contribution in [2.75, 3.05) is 31.2 Å². The van der Waals surface area contributed by atoms with Crippen molar-refractivity contribution in [2.45, 2.75) is 6.92 Å². The lowest BCUT2D eigenvalue weighted by Gasteiger charge is -2.28. The molecular weight excluding hydrogens is 183 g/mol. The van der Waals surface area contributed by atoms with Gasteiger partial charge in [0.25, 0.3) is 0 Å². The van der Waals surface area contributed by atoms with E-state index in [1.54, 1.807) is 0 Å². The van der Waals surface area contributed by atoms with Gasteiger partial charge in [0.05, 0.1) is 19.4 Å². The van der Waals surface area contributed by atoms with Crippen LogP contribution < -0.4 is 4.90 Å². The Balaban J connectivity index is 2.22. The van der Waals surface area contributed by atoms with E-state index in [1.165, 1.54) is 12.3 Å². The van der Waals surface area contributed by atoms with Gasteiger partial charge in [0.2, 0.25) is 0 Å². The Morgan fingerprint density at radius 3 is 2.79 bits per heavy atom. The molecule has 0 bridgehead atoms. The minimum absolute atomic E-state index is 0.278. The van der Waals surface area contributed by atoms with Crippen LogP contribution in [-0.4, -0.2) is 31.3 Å². The lowest BCUT2D eigenvalue weighted by molar-refractivity contribution is 0.122. The molecule has 1 saturated heterocycles. The molecule has 1 aliphatic rings. The molecule has 0 aromatic carbocycles. The smallest absolute Gasteiger partial charge is 0.141 e. The van der Waals surface area contributed by atoms with Crippen LogP contribution in [0.1, 0.15) is 5.56 Å². The third-order valence-electron chi connectivity index (χ3n) is 2.33. The number of aromatic nitrogens is 1. The van der Waals surface area contributed by atoms with Crippen LogP contribution in [0.25, 0.3) is 0 Å². The van der Waals surface area contributed by atoms with Gasteiger partial charge in [-0.2, -0.15) is 0 Å². The maximum atomic E-state index is 12.8. The molecule has 0 N–H and O–H groups in total. The number of morpholine rings is 1. The highest BCUT2D eigenvalue weighted by atomic mass is 19.1. The topological polar surface area (TPSA) is 25.4 Å². The number of halogens is 1. The Kier molecular flexibility index (Phi) is 2.63. The number of anilines is 1. The molecule has 0 aliphatic carbocycles. The zero-order valence-electron chi connectivity index (χ0n) is 8.16. The van der Waals surface area contributed by atoms with Crippen molar-refractivity contribution < 1.29 is 9.13 Å². The molecule has 0 spiro atoms. The lowest BCUT2D eigenvalue weighted by atomic mass is 10.2. The normalized spacial score (nSPS) is 17.1. The van der Waals surface area contributed by atoms with Crippen molar-refractivity contribution in [3.8, 4) is 0 Å². The van der Waals surface area contributed by atoms with E-state index < -0.39 is 0 Å². The fourth-order valence-electron chi connectivity index (χ4n) is 1.64. The highest BCUT2D eigenvalue weighted by Crippen LogP contribution is 2.18. The average molecular weight is 196 g/mol. The zero-order valence-corrected chi connectivity index (χ0v) is 8.16. The fraction of sp³-hybridized carbons (Fsp3) is 0.500. The Bertz CT molecular complexity index is 324. The summed E-state index contributed by atoms with van der Waals surface area (Å²) in [5.41, 5.74) is 0.881. The molecule has 3 nitrogen and oxygen atoms in total. The maximum Gasteiger partial charge on any atom is 0.141 e. The molecule has 4 heteroatoms. The van der Waals surface area contributed by atoms with E-state index >= 15 is 0 Å². The summed E-state index contributed by atoms with van der Waals surface area (Å²) < 4.78 is 18.1. The second-order valence-corrected chi connectivity index (χ2v) is 3.39. The van der Waals surface area contributed by atoms with Gasteiger partial charge in [-0.05, 0) is 18.6 Å². The number of nitrogens with zero attached hydrogens (tertiary/aromatic N) is 2. The van der Waals surface area contributed by atoms with Gasteiger partial charge in [0.1, 0.15) is 11.6 Å². The second-order valence-electron chi connectivity index (χ2n) is 3.39. The van der Waals surface area contributed by atoms with Gasteiger partial charge < -0.3 is 9.64 Å². The maximum absolute atomic E-state index is 12.8. The monoisotopic (exact) mass is 196 g/mol. The number of pyridine rings is 1. The van der Waals surface area contributed by atoms with Crippen LogP contribution in [-0.2, 0) is 4.74 Å². The van der Waals surface area contributed by atoms with E-state index in [-0.39, 0.29) is 5.82 Å². The van der Waals surface area contributed by atoms with Crippen LogP contribution in [0, 0.1) is 12.7 Å². The largest absolute Gasteiger partial charge is 0.378 e. The molecule has 1 aromatic rings. The van der Waals surface area contributed by atoms with Gasteiger partial charge in [-0.1, -0.05) is 0 Å². The average Bonchev–Trinajstić information content (AvgIpc) is 2.19. The van der Waals surface area contributed by atoms with Gasteiger partial charge in [0, 0.05) is 13.1 Å². The highest BCUT2D eigenvalue weighted by Gasteiger charge is 2.14. The summed E-state index contributed by atoms with van der Waals surface area (Å²) in [5.74, 6) is 0.592. The van der Waals surface area contributed by atoms with Gasteiger partial charge in [0.15, 0.2) is 0 Å². The standard InChI is InChI=1S/C10H13FN2O/c1-8-6-9(11)7-12-10(8)13-2-4-14-5-3-13/h6-7H,2-5H2,1H3. The summed E-state index contributed by atoms with van der Waals surface area (Å²) in [6.07, 6.45) is 1.26. The minimum Gasteiger partial charge on any atom is -0.378 e. The molecule has 14 heavy (non-hydrogen) atoms. The summed E-state index contributed by atoms with van der Waals surface area (Å²) in [7, 11) is 0. The SMILES string of the molecule is Cc1cc(F)cnc1N1CCOCC1. The van der Waals surface area contributed by atoms with Crippen molar-refractivity contribution in [3.63, 3.8) is 0 Å². The van der Waals surface area contributed by atoms with E-state index in [2.05, 4.69) is 9.88 Å². The number of rotatable bonds is 1. The molecular formula is C10H13FN2O. The molecule has 76 valence electrons. The third-order valence-corrected chi connectivity index (χ3v) is 2.33. The summed E-state index contributed by atoms with van der Waals surface area (Å²) >= 11 is 0. The van der Waals surface area contributed by atoms with Crippen molar-refractivity contribution in [2.24, 2.45) is 0 Å². The van der Waals surface area contributed by atoms with Crippen LogP contribution in [0.2, 0.25) is 0 Å². The number of ether oxygens (including phenoxy) is 1. The second kappa shape index (κ2) is 3.92. The highest BCUT2D eigenvalue weighted by molar-refractivity contribution is 5.46. The first-order valence-corrected chi connectivity index (χ1v) is 4.72. The van der Waals surface area contributed by atoms with Crippen molar-refractivity contribution >= 4 is 5.82 Å². The number of hydrogen-bond donors (Lipinski definition) is 0. The van der Waals surface area contributed by atoms with Crippen LogP contribution in [0.3, 0.4) is 0 Å². The quantitative estimate of drug-likeness (QED) is 0.678. The lowest BCUT2D eigenvalue weighted by Crippen LogP contribution is -2.37. The van der Waals surface area contributed by atoms with Gasteiger partial charge in [-0.15, -0.1) is 0 Å². The number of aryl methyl sites for hydroxylation is 1. The minimum atomic E-state index is -0.278. The summed E-state index contributed by atoms with van der Waals surface area (Å²) in [4.78, 5) is 6.22. The first-order chi connectivity index (χ1) is 6.77. The van der Waals surface area contributed by atoms with Crippen molar-refractivity contribution in [1.82, 2.24) is 4.98 Å². The van der Waals surface area contributed by atoms with E-state index in [0.29, 0.717) is 0 Å². The molecule has 1 fully saturated rings. The number of hydrogen-bond acceptors (Lipinski definition) is 3. The van der Waals surface area contributed by atoms with Crippen LogP contribution in [0.4, 0.5) is 10.2 Å². The molecule has 0 unspecified atom stereocenters. The summed E-state index contributed by atoms with van der Waals surface area (Å²) in [5, 5.41) is 0. The predicted octanol–water partition coefficient (Wildman–Crippen LogP) is 1.37. The molecule has 0 saturated carbocycles. The summed E-state index contributed by atoms with van der Waals surface area (Å²) in [6, 6.07) is 1.51. The van der Waals surface area contributed by atoms with Crippen LogP contribution >= 0.6 is 0 Å². The molecule has 1 aromatic heterocycles. The first kappa shape index (κ1) is 9.40. The third kappa shape index (κ3) is 1.85. The Morgan fingerprint density at radius 2 is 2.14 bits per heavy atom. The van der Waals surface area contributed by atoms with Gasteiger partial charge in [-0.25, -0.2) is 9.37 Å². The molecule has 0 radical (unpaired) electrons. The van der Waals surface area contributed by atoms with Crippen LogP contribution in [0.5, 0.6) is 0 Å². The Hall–Kier alpha value is -1.16. The molecule has 0 atom stereocenters. The Morgan fingerprint density at radius 1 is 1.43 bits per heavy atom. The van der Waals surface area contributed by atoms with Crippen LogP contribution in [0.15, 0.2) is 12.3 Å².